The van der Waals surface area contributed by atoms with Crippen LogP contribution in [0.4, 0.5) is 0 Å². The van der Waals surface area contributed by atoms with Crippen LogP contribution in [0.3, 0.4) is 0 Å². The van der Waals surface area contributed by atoms with E-state index in [1.165, 1.54) is 77.0 Å². The van der Waals surface area contributed by atoms with Gasteiger partial charge in [-0.25, -0.2) is 4.79 Å². The quantitative estimate of drug-likeness (QED) is 0.0978. The van der Waals surface area contributed by atoms with Crippen molar-refractivity contribution in [3.63, 3.8) is 0 Å². The summed E-state index contributed by atoms with van der Waals surface area (Å²) < 4.78 is 32.8. The summed E-state index contributed by atoms with van der Waals surface area (Å²) in [7, 11) is 0. The van der Waals surface area contributed by atoms with Gasteiger partial charge in [0.05, 0.1) is 24.4 Å². The van der Waals surface area contributed by atoms with Crippen LogP contribution in [0.1, 0.15) is 122 Å². The molecule has 2 unspecified atom stereocenters. The topological polar surface area (TPSA) is 63.2 Å². The fourth-order valence-corrected chi connectivity index (χ4v) is 14.7. The Bertz CT molecular complexity index is 1040. The number of hydrogen-bond acceptors (Lipinski definition) is 6. The van der Waals surface area contributed by atoms with Crippen LogP contribution in [0, 0.1) is 52.3 Å². The molecule has 12 rings (SSSR count). The van der Waals surface area contributed by atoms with Gasteiger partial charge in [0.25, 0.3) is 0 Å². The lowest BCUT2D eigenvalue weighted by atomic mass is 9.50. The van der Waals surface area contributed by atoms with E-state index in [-0.39, 0.29) is 17.2 Å². The van der Waals surface area contributed by atoms with Crippen molar-refractivity contribution in [3.8, 4) is 0 Å². The van der Waals surface area contributed by atoms with Gasteiger partial charge in [-0.15, -0.1) is 0 Å². The Labute approximate surface area is 264 Å². The molecule has 0 radical (unpaired) electrons. The lowest BCUT2D eigenvalue weighted by molar-refractivity contribution is -0.311. The summed E-state index contributed by atoms with van der Waals surface area (Å²) in [6, 6.07) is 0. The second-order valence-corrected chi connectivity index (χ2v) is 18.8. The van der Waals surface area contributed by atoms with E-state index in [1.54, 1.807) is 6.92 Å². The summed E-state index contributed by atoms with van der Waals surface area (Å²) in [5.74, 6) is 5.71. The highest BCUT2D eigenvalue weighted by atomic mass is 16.7. The first-order chi connectivity index (χ1) is 21.1. The van der Waals surface area contributed by atoms with E-state index < -0.39 is 5.60 Å². The first kappa shape index (κ1) is 29.2. The van der Waals surface area contributed by atoms with Gasteiger partial charge in [-0.3, -0.25) is 0 Å². The molecule has 44 heavy (non-hydrogen) atoms. The average Bonchev–Trinajstić information content (AvgIpc) is 2.91. The van der Waals surface area contributed by atoms with E-state index >= 15 is 0 Å². The minimum Gasteiger partial charge on any atom is -0.455 e. The van der Waals surface area contributed by atoms with E-state index in [0.29, 0.717) is 35.9 Å². The minimum atomic E-state index is -0.560. The zero-order chi connectivity index (χ0) is 29.8. The largest absolute Gasteiger partial charge is 0.455 e. The molecule has 2 atom stereocenters. The van der Waals surface area contributed by atoms with Crippen molar-refractivity contribution in [2.45, 2.75) is 139 Å². The third-order valence-corrected chi connectivity index (χ3v) is 14.6. The maximum absolute atomic E-state index is 12.9. The van der Waals surface area contributed by atoms with Crippen molar-refractivity contribution in [1.29, 1.82) is 0 Å². The van der Waals surface area contributed by atoms with Crippen molar-refractivity contribution >= 4 is 5.97 Å². The molecule has 6 nitrogen and oxygen atoms in total. The SMILES string of the molecule is C=C(C)C(=O)OC12CC3CC(OCOCC45CC6CC(CC(C6)C4)C5)(CC(OCOCC45CC6CC(CC(C6)C4)C5)(C3)C1)C2. The molecule has 12 bridgehead atoms. The molecule has 12 fully saturated rings. The average molecular weight is 609 g/mol. The molecule has 0 saturated heterocycles. The molecule has 12 aliphatic rings. The Balaban J connectivity index is 0.860. The minimum absolute atomic E-state index is 0.284. The Morgan fingerprint density at radius 3 is 1.32 bits per heavy atom. The zero-order valence-electron chi connectivity index (χ0n) is 27.3. The summed E-state index contributed by atoms with van der Waals surface area (Å²) in [5.41, 5.74) is -0.0860. The number of carbonyl (C=O) groups is 1. The molecule has 12 aliphatic carbocycles. The maximum Gasteiger partial charge on any atom is 0.333 e. The third-order valence-electron chi connectivity index (χ3n) is 14.6. The molecule has 12 saturated carbocycles. The lowest BCUT2D eigenvalue weighted by Gasteiger charge is -2.64. The van der Waals surface area contributed by atoms with Gasteiger partial charge in [0, 0.05) is 24.8 Å². The van der Waals surface area contributed by atoms with Gasteiger partial charge in [0.15, 0.2) is 0 Å². The van der Waals surface area contributed by atoms with E-state index in [2.05, 4.69) is 6.58 Å². The fourth-order valence-electron chi connectivity index (χ4n) is 14.7. The predicted octanol–water partition coefficient (Wildman–Crippen LogP) is 7.73. The Hall–Kier alpha value is -0.950. The molecule has 0 spiro atoms. The van der Waals surface area contributed by atoms with Gasteiger partial charge in [-0.05, 0) is 155 Å². The molecular formula is C38H56O6. The first-order valence-corrected chi connectivity index (χ1v) is 18.4. The van der Waals surface area contributed by atoms with Crippen LogP contribution in [0.2, 0.25) is 0 Å². The van der Waals surface area contributed by atoms with Crippen LogP contribution >= 0.6 is 0 Å². The molecule has 0 aromatic heterocycles. The maximum atomic E-state index is 12.9. The summed E-state index contributed by atoms with van der Waals surface area (Å²) in [5, 5.41) is 0. The number of rotatable bonds is 12. The van der Waals surface area contributed by atoms with Crippen LogP contribution in [0.15, 0.2) is 12.2 Å². The van der Waals surface area contributed by atoms with Gasteiger partial charge >= 0.3 is 5.97 Å². The number of esters is 1. The van der Waals surface area contributed by atoms with Gasteiger partial charge in [0.2, 0.25) is 0 Å². The van der Waals surface area contributed by atoms with Crippen LogP contribution in [0.5, 0.6) is 0 Å². The van der Waals surface area contributed by atoms with Crippen LogP contribution in [0.25, 0.3) is 0 Å². The van der Waals surface area contributed by atoms with E-state index in [1.807, 2.05) is 0 Å². The van der Waals surface area contributed by atoms with E-state index in [0.717, 1.165) is 87.2 Å². The molecule has 0 aromatic carbocycles. The molecule has 0 aliphatic heterocycles. The highest BCUT2D eigenvalue weighted by Crippen LogP contribution is 2.64. The highest BCUT2D eigenvalue weighted by molar-refractivity contribution is 5.87. The zero-order valence-corrected chi connectivity index (χ0v) is 27.3. The number of hydrogen-bond donors (Lipinski definition) is 0. The summed E-state index contributed by atoms with van der Waals surface area (Å²) in [4.78, 5) is 12.9. The molecule has 244 valence electrons. The Kier molecular flexibility index (Phi) is 6.82. The number of carbonyl (C=O) groups excluding carboxylic acids is 1. The molecule has 0 heterocycles. The molecule has 6 heteroatoms. The molecular weight excluding hydrogens is 552 g/mol. The standard InChI is InChI=1S/C38H56O6/c1-25(2)33(39)44-38-17-32-15-36(19-38,42-23-40-21-34-9-26-3-27(10-34)5-28(4-26)11-34)18-37(16-32,20-38)43-24-41-22-35-12-29-6-30(13-35)8-31(7-29)14-35/h26-32H,1,3-24H2,2H3. The van der Waals surface area contributed by atoms with Crippen molar-refractivity contribution in [1.82, 2.24) is 0 Å². The normalized spacial score (nSPS) is 52.2. The fraction of sp³-hybridized carbons (Fsp3) is 0.921. The van der Waals surface area contributed by atoms with Gasteiger partial charge in [0.1, 0.15) is 19.2 Å². The van der Waals surface area contributed by atoms with Crippen LogP contribution in [-0.2, 0) is 28.5 Å². The smallest absolute Gasteiger partial charge is 0.333 e. The van der Waals surface area contributed by atoms with Crippen molar-refractivity contribution in [2.75, 3.05) is 26.8 Å². The summed E-state index contributed by atoms with van der Waals surface area (Å²) in [6.45, 7) is 7.97. The van der Waals surface area contributed by atoms with Gasteiger partial charge < -0.3 is 23.7 Å². The highest BCUT2D eigenvalue weighted by Gasteiger charge is 2.67. The predicted molar refractivity (Wildman–Crippen MR) is 165 cm³/mol. The number of ether oxygens (including phenoxy) is 5. The van der Waals surface area contributed by atoms with Crippen molar-refractivity contribution in [2.24, 2.45) is 52.3 Å². The molecule has 0 aromatic rings. The second kappa shape index (κ2) is 10.3. The van der Waals surface area contributed by atoms with E-state index in [9.17, 15) is 4.79 Å². The van der Waals surface area contributed by atoms with Crippen molar-refractivity contribution in [3.05, 3.63) is 12.2 Å². The van der Waals surface area contributed by atoms with Crippen LogP contribution < -0.4 is 0 Å². The summed E-state index contributed by atoms with van der Waals surface area (Å²) >= 11 is 0. The molecule has 0 N–H and O–H groups in total. The van der Waals surface area contributed by atoms with Gasteiger partial charge in [-0.2, -0.15) is 0 Å². The molecule has 0 amide bonds. The first-order valence-electron chi connectivity index (χ1n) is 18.4. The monoisotopic (exact) mass is 608 g/mol. The van der Waals surface area contributed by atoms with Crippen LogP contribution in [-0.4, -0.2) is 49.6 Å². The Morgan fingerprint density at radius 1 is 0.568 bits per heavy atom. The van der Waals surface area contributed by atoms with Gasteiger partial charge in [-0.1, -0.05) is 6.58 Å². The lowest BCUT2D eigenvalue weighted by Crippen LogP contribution is -2.68. The van der Waals surface area contributed by atoms with Crippen molar-refractivity contribution < 1.29 is 28.5 Å². The summed E-state index contributed by atoms with van der Waals surface area (Å²) in [6.07, 6.45) is 22.1. The third kappa shape index (κ3) is 5.15. The second-order valence-electron chi connectivity index (χ2n) is 18.8. The Morgan fingerprint density at radius 2 is 0.932 bits per heavy atom. The van der Waals surface area contributed by atoms with E-state index in [4.69, 9.17) is 23.7 Å².